The van der Waals surface area contributed by atoms with E-state index in [1.54, 1.807) is 0 Å². The summed E-state index contributed by atoms with van der Waals surface area (Å²) in [6.07, 6.45) is 0. The smallest absolute Gasteiger partial charge is 0.245 e. The van der Waals surface area contributed by atoms with Crippen LogP contribution >= 0.6 is 23.4 Å². The summed E-state index contributed by atoms with van der Waals surface area (Å²) in [5.41, 5.74) is 4.98. The van der Waals surface area contributed by atoms with E-state index in [-0.39, 0.29) is 16.0 Å². The van der Waals surface area contributed by atoms with Gasteiger partial charge in [0.1, 0.15) is 5.37 Å². The van der Waals surface area contributed by atoms with E-state index in [0.29, 0.717) is 6.54 Å². The first kappa shape index (κ1) is 7.18. The van der Waals surface area contributed by atoms with Crippen LogP contribution in [0.1, 0.15) is 0 Å². The SMILES string of the molecule is NC(=O)C1NC[C@H](Cl)S1. The maximum absolute atomic E-state index is 10.4. The van der Waals surface area contributed by atoms with E-state index in [4.69, 9.17) is 17.3 Å². The zero-order valence-electron chi connectivity index (χ0n) is 4.63. The van der Waals surface area contributed by atoms with Gasteiger partial charge in [-0.3, -0.25) is 10.1 Å². The van der Waals surface area contributed by atoms with Crippen LogP contribution in [0.15, 0.2) is 0 Å². The van der Waals surface area contributed by atoms with E-state index in [1.165, 1.54) is 11.8 Å². The second kappa shape index (κ2) is 2.77. The van der Waals surface area contributed by atoms with Crippen molar-refractivity contribution in [2.75, 3.05) is 6.54 Å². The quantitative estimate of drug-likeness (QED) is 0.526. The molecule has 0 saturated carbocycles. The standard InChI is InChI=1S/C4H7ClN2OS/c5-2-1-7-4(9-2)3(6)8/h2,4,7H,1H2,(H2,6,8)/t2-,4?/m1/s1. The Morgan fingerprint density at radius 3 is 2.78 bits per heavy atom. The maximum Gasteiger partial charge on any atom is 0.245 e. The van der Waals surface area contributed by atoms with Crippen LogP contribution in [0.5, 0.6) is 0 Å². The molecule has 0 aromatic rings. The van der Waals surface area contributed by atoms with E-state index in [2.05, 4.69) is 5.32 Å². The first-order valence-electron chi connectivity index (χ1n) is 2.52. The van der Waals surface area contributed by atoms with Crippen molar-refractivity contribution in [3.05, 3.63) is 0 Å². The fraction of sp³-hybridized carbons (Fsp3) is 0.750. The van der Waals surface area contributed by atoms with Gasteiger partial charge < -0.3 is 5.73 Å². The molecule has 1 aliphatic heterocycles. The summed E-state index contributed by atoms with van der Waals surface area (Å²) in [5.74, 6) is -0.344. The lowest BCUT2D eigenvalue weighted by Crippen LogP contribution is -2.34. The Balaban J connectivity index is 2.39. The fourth-order valence-electron chi connectivity index (χ4n) is 0.611. The molecule has 3 nitrogen and oxygen atoms in total. The van der Waals surface area contributed by atoms with Crippen LogP contribution in [0.4, 0.5) is 0 Å². The second-order valence-electron chi connectivity index (χ2n) is 1.74. The summed E-state index contributed by atoms with van der Waals surface area (Å²) < 4.78 is -0.0116. The minimum absolute atomic E-state index is 0.0116. The Kier molecular flexibility index (Phi) is 2.21. The lowest BCUT2D eigenvalue weighted by molar-refractivity contribution is -0.117. The largest absolute Gasteiger partial charge is 0.368 e. The highest BCUT2D eigenvalue weighted by Crippen LogP contribution is 2.24. The molecular weight excluding hydrogens is 160 g/mol. The molecule has 0 aromatic heterocycles. The van der Waals surface area contributed by atoms with Gasteiger partial charge in [-0.15, -0.1) is 23.4 Å². The molecule has 1 unspecified atom stereocenters. The average molecular weight is 167 g/mol. The van der Waals surface area contributed by atoms with Gasteiger partial charge in [-0.1, -0.05) is 0 Å². The second-order valence-corrected chi connectivity index (χ2v) is 3.84. The highest BCUT2D eigenvalue weighted by Gasteiger charge is 2.26. The predicted molar refractivity (Wildman–Crippen MR) is 38.2 cm³/mol. The van der Waals surface area contributed by atoms with Crippen molar-refractivity contribution in [2.24, 2.45) is 5.73 Å². The third kappa shape index (κ3) is 1.74. The molecular formula is C4H7ClN2OS. The molecule has 0 aromatic carbocycles. The van der Waals surface area contributed by atoms with Crippen LogP contribution in [0.3, 0.4) is 0 Å². The maximum atomic E-state index is 10.4. The molecule has 0 radical (unpaired) electrons. The van der Waals surface area contributed by atoms with Crippen molar-refractivity contribution in [1.82, 2.24) is 5.32 Å². The summed E-state index contributed by atoms with van der Waals surface area (Å²) in [4.78, 5) is 10.4. The average Bonchev–Trinajstić information content (AvgIpc) is 2.14. The van der Waals surface area contributed by atoms with E-state index in [1.807, 2.05) is 0 Å². The fourth-order valence-corrected chi connectivity index (χ4v) is 1.82. The van der Waals surface area contributed by atoms with Crippen molar-refractivity contribution in [1.29, 1.82) is 0 Å². The lowest BCUT2D eigenvalue weighted by atomic mass is 10.6. The molecule has 0 spiro atoms. The predicted octanol–water partition coefficient (Wildman–Crippen LogP) is -0.301. The van der Waals surface area contributed by atoms with Crippen molar-refractivity contribution >= 4 is 29.3 Å². The topological polar surface area (TPSA) is 55.1 Å². The summed E-state index contributed by atoms with van der Waals surface area (Å²) in [6.45, 7) is 0.653. The molecule has 1 saturated heterocycles. The van der Waals surface area contributed by atoms with Crippen LogP contribution < -0.4 is 11.1 Å². The highest BCUT2D eigenvalue weighted by molar-refractivity contribution is 8.02. The lowest BCUT2D eigenvalue weighted by Gasteiger charge is -2.00. The Morgan fingerprint density at radius 2 is 2.56 bits per heavy atom. The van der Waals surface area contributed by atoms with Crippen LogP contribution in [0.25, 0.3) is 0 Å². The molecule has 3 N–H and O–H groups in total. The van der Waals surface area contributed by atoms with E-state index >= 15 is 0 Å². The monoisotopic (exact) mass is 166 g/mol. The molecule has 1 aliphatic rings. The molecule has 1 heterocycles. The number of hydrogen-bond acceptors (Lipinski definition) is 3. The highest BCUT2D eigenvalue weighted by atomic mass is 35.5. The van der Waals surface area contributed by atoms with Crippen molar-refractivity contribution in [3.8, 4) is 0 Å². The zero-order valence-corrected chi connectivity index (χ0v) is 6.21. The third-order valence-corrected chi connectivity index (χ3v) is 2.60. The number of carbonyl (C=O) groups excluding carboxylic acids is 1. The van der Waals surface area contributed by atoms with Crippen LogP contribution in [-0.4, -0.2) is 22.5 Å². The van der Waals surface area contributed by atoms with Gasteiger partial charge in [0.15, 0.2) is 0 Å². The van der Waals surface area contributed by atoms with Gasteiger partial charge in [0, 0.05) is 6.54 Å². The molecule has 2 atom stereocenters. The molecule has 1 fully saturated rings. The molecule has 5 heteroatoms. The van der Waals surface area contributed by atoms with Gasteiger partial charge >= 0.3 is 0 Å². The Morgan fingerprint density at radius 1 is 1.89 bits per heavy atom. The van der Waals surface area contributed by atoms with E-state index in [9.17, 15) is 4.79 Å². The summed E-state index contributed by atoms with van der Waals surface area (Å²) >= 11 is 7.00. The van der Waals surface area contributed by atoms with Gasteiger partial charge in [-0.05, 0) is 0 Å². The first-order valence-corrected chi connectivity index (χ1v) is 3.90. The normalized spacial score (nSPS) is 34.8. The Hall–Kier alpha value is 0.0700. The molecule has 1 rings (SSSR count). The minimum atomic E-state index is -0.344. The number of amides is 1. The minimum Gasteiger partial charge on any atom is -0.368 e. The molecule has 0 bridgehead atoms. The number of hydrogen-bond donors (Lipinski definition) is 2. The van der Waals surface area contributed by atoms with Crippen LogP contribution in [0, 0.1) is 0 Å². The zero-order chi connectivity index (χ0) is 6.85. The molecule has 0 aliphatic carbocycles. The summed E-state index contributed by atoms with van der Waals surface area (Å²) in [5, 5.41) is 2.58. The number of halogens is 1. The summed E-state index contributed by atoms with van der Waals surface area (Å²) in [6, 6.07) is 0. The van der Waals surface area contributed by atoms with E-state index < -0.39 is 0 Å². The number of carbonyl (C=O) groups is 1. The van der Waals surface area contributed by atoms with Crippen molar-refractivity contribution < 1.29 is 4.79 Å². The summed E-state index contributed by atoms with van der Waals surface area (Å²) in [7, 11) is 0. The number of primary amides is 1. The van der Waals surface area contributed by atoms with E-state index in [0.717, 1.165) is 0 Å². The van der Waals surface area contributed by atoms with Gasteiger partial charge in [0.2, 0.25) is 5.91 Å². The molecule has 9 heavy (non-hydrogen) atoms. The van der Waals surface area contributed by atoms with Gasteiger partial charge in [0.05, 0.1) is 4.71 Å². The third-order valence-electron chi connectivity index (χ3n) is 1.01. The number of nitrogens with two attached hydrogens (primary N) is 1. The van der Waals surface area contributed by atoms with Gasteiger partial charge in [-0.25, -0.2) is 0 Å². The number of rotatable bonds is 1. The van der Waals surface area contributed by atoms with Crippen LogP contribution in [0.2, 0.25) is 0 Å². The van der Waals surface area contributed by atoms with Crippen molar-refractivity contribution in [2.45, 2.75) is 10.1 Å². The number of thioether (sulfide) groups is 1. The molecule has 52 valence electrons. The van der Waals surface area contributed by atoms with Crippen LogP contribution in [-0.2, 0) is 4.79 Å². The van der Waals surface area contributed by atoms with Gasteiger partial charge in [0.25, 0.3) is 0 Å². The number of alkyl halides is 1. The Labute approximate surface area is 62.3 Å². The molecule has 1 amide bonds. The van der Waals surface area contributed by atoms with Gasteiger partial charge in [-0.2, -0.15) is 0 Å². The Bertz CT molecular complexity index is 132. The first-order chi connectivity index (χ1) is 4.20. The number of nitrogens with one attached hydrogen (secondary N) is 1. The van der Waals surface area contributed by atoms with Crippen molar-refractivity contribution in [3.63, 3.8) is 0 Å².